The summed E-state index contributed by atoms with van der Waals surface area (Å²) in [5.41, 5.74) is 9.00. The molecule has 128 valence electrons. The Kier molecular flexibility index (Phi) is 3.72. The number of nitrogens with two attached hydrogens (primary N) is 1. The Balaban J connectivity index is 1.56. The van der Waals surface area contributed by atoms with Gasteiger partial charge in [-0.05, 0) is 17.7 Å². The molecular formula is C17H17FN6O. The van der Waals surface area contributed by atoms with E-state index in [4.69, 9.17) is 10.5 Å². The van der Waals surface area contributed by atoms with Gasteiger partial charge in [-0.25, -0.2) is 4.39 Å². The minimum atomic E-state index is -0.240. The Morgan fingerprint density at radius 1 is 1.20 bits per heavy atom. The zero-order chi connectivity index (χ0) is 17.4. The number of anilines is 2. The molecule has 25 heavy (non-hydrogen) atoms. The lowest BCUT2D eigenvalue weighted by molar-refractivity contribution is 0.397. The SMILES string of the molecule is COc1cc(N2Cc3cnn(Cc4ccc(F)cc4)c3C2)nc(N)n1. The molecule has 0 amide bonds. The van der Waals surface area contributed by atoms with Gasteiger partial charge in [0.1, 0.15) is 11.6 Å². The number of nitrogen functional groups attached to an aromatic ring is 1. The molecule has 1 aromatic carbocycles. The van der Waals surface area contributed by atoms with Crippen molar-refractivity contribution in [1.82, 2.24) is 19.7 Å². The first-order valence-electron chi connectivity index (χ1n) is 7.84. The number of hydrogen-bond donors (Lipinski definition) is 1. The third-order valence-electron chi connectivity index (χ3n) is 4.22. The number of nitrogens with zero attached hydrogens (tertiary/aromatic N) is 5. The topological polar surface area (TPSA) is 82.1 Å². The van der Waals surface area contributed by atoms with Crippen molar-refractivity contribution < 1.29 is 9.13 Å². The van der Waals surface area contributed by atoms with Crippen molar-refractivity contribution >= 4 is 11.8 Å². The van der Waals surface area contributed by atoms with Gasteiger partial charge in [-0.2, -0.15) is 15.1 Å². The second-order valence-corrected chi connectivity index (χ2v) is 5.88. The molecule has 0 aliphatic carbocycles. The van der Waals surface area contributed by atoms with Gasteiger partial charge in [-0.3, -0.25) is 4.68 Å². The molecule has 2 aromatic heterocycles. The van der Waals surface area contributed by atoms with Gasteiger partial charge in [0.25, 0.3) is 0 Å². The first kappa shape index (κ1) is 15.4. The van der Waals surface area contributed by atoms with Crippen molar-refractivity contribution in [3.8, 4) is 5.88 Å². The molecule has 0 radical (unpaired) electrons. The summed E-state index contributed by atoms with van der Waals surface area (Å²) in [6.45, 7) is 1.95. The number of ether oxygens (including phenoxy) is 1. The van der Waals surface area contributed by atoms with Crippen LogP contribution in [0.4, 0.5) is 16.2 Å². The van der Waals surface area contributed by atoms with Gasteiger partial charge in [-0.1, -0.05) is 12.1 Å². The largest absolute Gasteiger partial charge is 0.481 e. The van der Waals surface area contributed by atoms with Crippen molar-refractivity contribution in [2.24, 2.45) is 0 Å². The van der Waals surface area contributed by atoms with Gasteiger partial charge in [-0.15, -0.1) is 0 Å². The predicted octanol–water partition coefficient (Wildman–Crippen LogP) is 1.97. The maximum Gasteiger partial charge on any atom is 0.225 e. The van der Waals surface area contributed by atoms with E-state index < -0.39 is 0 Å². The van der Waals surface area contributed by atoms with Crippen LogP contribution in [0.25, 0.3) is 0 Å². The molecule has 0 bridgehead atoms. The monoisotopic (exact) mass is 340 g/mol. The van der Waals surface area contributed by atoms with Crippen LogP contribution in [-0.2, 0) is 19.6 Å². The maximum atomic E-state index is 13.1. The van der Waals surface area contributed by atoms with E-state index in [2.05, 4.69) is 20.0 Å². The summed E-state index contributed by atoms with van der Waals surface area (Å²) in [5.74, 6) is 1.09. The lowest BCUT2D eigenvalue weighted by Crippen LogP contribution is -2.19. The van der Waals surface area contributed by atoms with E-state index >= 15 is 0 Å². The molecule has 0 saturated carbocycles. The van der Waals surface area contributed by atoms with E-state index in [0.717, 1.165) is 16.8 Å². The van der Waals surface area contributed by atoms with Crippen LogP contribution in [0.1, 0.15) is 16.8 Å². The number of hydrogen-bond acceptors (Lipinski definition) is 6. The second-order valence-electron chi connectivity index (χ2n) is 5.88. The minimum Gasteiger partial charge on any atom is -0.481 e. The molecule has 1 aliphatic heterocycles. The summed E-state index contributed by atoms with van der Waals surface area (Å²) in [7, 11) is 1.55. The van der Waals surface area contributed by atoms with Crippen LogP contribution in [0.5, 0.6) is 5.88 Å². The molecule has 1 aliphatic rings. The van der Waals surface area contributed by atoms with Gasteiger partial charge in [0.15, 0.2) is 0 Å². The average molecular weight is 340 g/mol. The smallest absolute Gasteiger partial charge is 0.225 e. The minimum absolute atomic E-state index is 0.179. The van der Waals surface area contributed by atoms with Crippen molar-refractivity contribution in [2.45, 2.75) is 19.6 Å². The van der Waals surface area contributed by atoms with Gasteiger partial charge in [0.05, 0.1) is 32.1 Å². The highest BCUT2D eigenvalue weighted by molar-refractivity contribution is 5.49. The molecule has 7 nitrogen and oxygen atoms in total. The number of aromatic nitrogens is 4. The van der Waals surface area contributed by atoms with Crippen molar-refractivity contribution in [1.29, 1.82) is 0 Å². The van der Waals surface area contributed by atoms with Crippen molar-refractivity contribution in [2.75, 3.05) is 17.7 Å². The normalized spacial score (nSPS) is 13.1. The molecule has 0 spiro atoms. The van der Waals surface area contributed by atoms with Crippen LogP contribution in [0.3, 0.4) is 0 Å². The fourth-order valence-corrected chi connectivity index (χ4v) is 2.96. The molecular weight excluding hydrogens is 323 g/mol. The van der Waals surface area contributed by atoms with Crippen LogP contribution in [0.15, 0.2) is 36.5 Å². The number of methoxy groups -OCH3 is 1. The molecule has 2 N–H and O–H groups in total. The van der Waals surface area contributed by atoms with Crippen LogP contribution >= 0.6 is 0 Å². The Hall–Kier alpha value is -3.16. The van der Waals surface area contributed by atoms with Gasteiger partial charge in [0.2, 0.25) is 11.8 Å². The third-order valence-corrected chi connectivity index (χ3v) is 4.22. The Morgan fingerprint density at radius 2 is 2.00 bits per heavy atom. The zero-order valence-electron chi connectivity index (χ0n) is 13.7. The summed E-state index contributed by atoms with van der Waals surface area (Å²) < 4.78 is 20.2. The molecule has 8 heteroatoms. The van der Waals surface area contributed by atoms with Crippen LogP contribution in [-0.4, -0.2) is 26.9 Å². The number of rotatable bonds is 4. The van der Waals surface area contributed by atoms with E-state index in [0.29, 0.717) is 31.3 Å². The first-order chi connectivity index (χ1) is 12.1. The van der Waals surface area contributed by atoms with Gasteiger partial charge < -0.3 is 15.4 Å². The Bertz CT molecular complexity index is 908. The third kappa shape index (κ3) is 2.98. The Morgan fingerprint density at radius 3 is 2.76 bits per heavy atom. The lowest BCUT2D eigenvalue weighted by atomic mass is 10.2. The average Bonchev–Trinajstić information content (AvgIpc) is 3.18. The van der Waals surface area contributed by atoms with Crippen LogP contribution in [0.2, 0.25) is 0 Å². The highest BCUT2D eigenvalue weighted by Gasteiger charge is 2.25. The molecule has 3 heterocycles. The van der Waals surface area contributed by atoms with Crippen molar-refractivity contribution in [3.63, 3.8) is 0 Å². The van der Waals surface area contributed by atoms with Crippen LogP contribution < -0.4 is 15.4 Å². The summed E-state index contributed by atoms with van der Waals surface area (Å²) in [6, 6.07) is 8.22. The maximum absolute atomic E-state index is 13.1. The van der Waals surface area contributed by atoms with E-state index in [1.165, 1.54) is 12.1 Å². The van der Waals surface area contributed by atoms with Gasteiger partial charge >= 0.3 is 0 Å². The first-order valence-corrected chi connectivity index (χ1v) is 7.84. The Labute approximate surface area is 143 Å². The summed E-state index contributed by atoms with van der Waals surface area (Å²) in [5, 5.41) is 4.45. The number of fused-ring (bicyclic) bond motifs is 1. The number of halogens is 1. The molecule has 0 atom stereocenters. The predicted molar refractivity (Wildman–Crippen MR) is 90.6 cm³/mol. The fourth-order valence-electron chi connectivity index (χ4n) is 2.96. The lowest BCUT2D eigenvalue weighted by Gasteiger charge is -2.18. The molecule has 0 saturated heterocycles. The molecule has 0 unspecified atom stereocenters. The molecule has 0 fully saturated rings. The highest BCUT2D eigenvalue weighted by Crippen LogP contribution is 2.29. The van der Waals surface area contributed by atoms with E-state index in [1.807, 2.05) is 10.9 Å². The summed E-state index contributed by atoms with van der Waals surface area (Å²) in [6.07, 6.45) is 1.86. The number of benzene rings is 1. The molecule has 3 aromatic rings. The standard InChI is InChI=1S/C17H17FN6O/c1-25-16-6-15(21-17(19)22-16)23-9-12-7-20-24(14(12)10-23)8-11-2-4-13(18)5-3-11/h2-7H,8-10H2,1H3,(H2,19,21,22). The highest BCUT2D eigenvalue weighted by atomic mass is 19.1. The summed E-state index contributed by atoms with van der Waals surface area (Å²) in [4.78, 5) is 10.4. The quantitative estimate of drug-likeness (QED) is 0.782. The summed E-state index contributed by atoms with van der Waals surface area (Å²) >= 11 is 0. The van der Waals surface area contributed by atoms with E-state index in [9.17, 15) is 4.39 Å². The molecule has 4 rings (SSSR count). The second kappa shape index (κ2) is 6.04. The van der Waals surface area contributed by atoms with E-state index in [-0.39, 0.29) is 11.8 Å². The zero-order valence-corrected chi connectivity index (χ0v) is 13.7. The van der Waals surface area contributed by atoms with Gasteiger partial charge in [0, 0.05) is 18.2 Å². The van der Waals surface area contributed by atoms with Crippen LogP contribution in [0, 0.1) is 5.82 Å². The fraction of sp³-hybridized carbons (Fsp3) is 0.235. The van der Waals surface area contributed by atoms with E-state index in [1.54, 1.807) is 25.3 Å². The van der Waals surface area contributed by atoms with Crippen molar-refractivity contribution in [3.05, 3.63) is 59.2 Å².